The van der Waals surface area contributed by atoms with E-state index in [-0.39, 0.29) is 18.4 Å². The average Bonchev–Trinajstić information content (AvgIpc) is 2.69. The van der Waals surface area contributed by atoms with Crippen molar-refractivity contribution in [2.24, 2.45) is 0 Å². The molecule has 26 heavy (non-hydrogen) atoms. The maximum Gasteiger partial charge on any atom is 0.251 e. The molecule has 2 aromatic carbocycles. The van der Waals surface area contributed by atoms with E-state index >= 15 is 0 Å². The molecule has 2 amide bonds. The van der Waals surface area contributed by atoms with E-state index in [1.54, 1.807) is 24.4 Å². The first-order chi connectivity index (χ1) is 12.6. The van der Waals surface area contributed by atoms with E-state index in [1.165, 1.54) is 0 Å². The van der Waals surface area contributed by atoms with E-state index in [4.69, 9.17) is 0 Å². The van der Waals surface area contributed by atoms with Crippen LogP contribution in [-0.4, -0.2) is 23.3 Å². The van der Waals surface area contributed by atoms with Crippen LogP contribution in [0.1, 0.15) is 15.9 Å². The lowest BCUT2D eigenvalue weighted by Crippen LogP contribution is -2.33. The molecule has 130 valence electrons. The van der Waals surface area contributed by atoms with Gasteiger partial charge in [0.05, 0.1) is 6.54 Å². The number of hydrogen-bond donors (Lipinski definition) is 2. The molecule has 0 saturated heterocycles. The largest absolute Gasteiger partial charge is 0.343 e. The maximum absolute atomic E-state index is 12.2. The summed E-state index contributed by atoms with van der Waals surface area (Å²) in [6.45, 7) is 1.80. The highest BCUT2D eigenvalue weighted by Crippen LogP contribution is 2.19. The molecule has 3 aromatic rings. The predicted octanol–water partition coefficient (Wildman–Crippen LogP) is 3.43. The molecule has 0 atom stereocenters. The zero-order valence-electron chi connectivity index (χ0n) is 14.4. The third-order valence-electron chi connectivity index (χ3n) is 3.84. The standard InChI is InChI=1S/C21H19N3O2/c1-15-7-12-19(22-13-15)24-20(25)14-23-21(26)18-10-8-17(9-11-18)16-5-3-2-4-6-16/h2-13H,14H2,1H3,(H,23,26)(H,22,24,25). The third kappa shape index (κ3) is 4.54. The molecular formula is C21H19N3O2. The number of aromatic nitrogens is 1. The molecule has 0 saturated carbocycles. The Morgan fingerprint density at radius 3 is 2.23 bits per heavy atom. The Hall–Kier alpha value is -3.47. The summed E-state index contributed by atoms with van der Waals surface area (Å²) in [5.41, 5.74) is 3.64. The first-order valence-electron chi connectivity index (χ1n) is 8.28. The van der Waals surface area contributed by atoms with E-state index in [0.29, 0.717) is 11.4 Å². The van der Waals surface area contributed by atoms with Crippen LogP contribution in [-0.2, 0) is 4.79 Å². The zero-order valence-corrected chi connectivity index (χ0v) is 14.4. The summed E-state index contributed by atoms with van der Waals surface area (Å²) < 4.78 is 0. The van der Waals surface area contributed by atoms with Gasteiger partial charge >= 0.3 is 0 Å². The molecule has 5 nitrogen and oxygen atoms in total. The molecule has 0 spiro atoms. The van der Waals surface area contributed by atoms with Crippen molar-refractivity contribution in [1.29, 1.82) is 0 Å². The van der Waals surface area contributed by atoms with Gasteiger partial charge < -0.3 is 10.6 Å². The molecule has 5 heteroatoms. The molecule has 0 aliphatic rings. The summed E-state index contributed by atoms with van der Waals surface area (Å²) >= 11 is 0. The highest BCUT2D eigenvalue weighted by atomic mass is 16.2. The van der Waals surface area contributed by atoms with Gasteiger partial charge in [-0.15, -0.1) is 0 Å². The van der Waals surface area contributed by atoms with Gasteiger partial charge in [0.1, 0.15) is 5.82 Å². The summed E-state index contributed by atoms with van der Waals surface area (Å²) in [6.07, 6.45) is 1.67. The zero-order chi connectivity index (χ0) is 18.4. The van der Waals surface area contributed by atoms with Gasteiger partial charge in [-0.25, -0.2) is 4.98 Å². The normalized spacial score (nSPS) is 10.2. The first-order valence-corrected chi connectivity index (χ1v) is 8.28. The Kier molecular flexibility index (Phi) is 5.39. The predicted molar refractivity (Wildman–Crippen MR) is 102 cm³/mol. The van der Waals surface area contributed by atoms with Crippen molar-refractivity contribution in [3.63, 3.8) is 0 Å². The van der Waals surface area contributed by atoms with Crippen molar-refractivity contribution in [3.05, 3.63) is 84.1 Å². The molecule has 2 N–H and O–H groups in total. The van der Waals surface area contributed by atoms with E-state index in [0.717, 1.165) is 16.7 Å². The lowest BCUT2D eigenvalue weighted by atomic mass is 10.0. The van der Waals surface area contributed by atoms with Gasteiger partial charge in [0.25, 0.3) is 5.91 Å². The van der Waals surface area contributed by atoms with Gasteiger partial charge in [0.2, 0.25) is 5.91 Å². The average molecular weight is 345 g/mol. The number of aryl methyl sites for hydroxylation is 1. The highest BCUT2D eigenvalue weighted by molar-refractivity contribution is 5.99. The molecule has 0 aliphatic heterocycles. The monoisotopic (exact) mass is 345 g/mol. The number of hydrogen-bond acceptors (Lipinski definition) is 3. The number of nitrogens with zero attached hydrogens (tertiary/aromatic N) is 1. The molecule has 0 fully saturated rings. The molecular weight excluding hydrogens is 326 g/mol. The van der Waals surface area contributed by atoms with Gasteiger partial charge in [-0.2, -0.15) is 0 Å². The van der Waals surface area contributed by atoms with E-state index in [1.807, 2.05) is 55.5 Å². The molecule has 0 radical (unpaired) electrons. The SMILES string of the molecule is Cc1ccc(NC(=O)CNC(=O)c2ccc(-c3ccccc3)cc2)nc1. The minimum atomic E-state index is -0.324. The molecule has 0 unspecified atom stereocenters. The van der Waals surface area contributed by atoms with Crippen LogP contribution in [0.2, 0.25) is 0 Å². The molecule has 3 rings (SSSR count). The van der Waals surface area contributed by atoms with Crippen LogP contribution in [0.5, 0.6) is 0 Å². The number of anilines is 1. The molecule has 0 bridgehead atoms. The van der Waals surface area contributed by atoms with Crippen molar-refractivity contribution >= 4 is 17.6 Å². The van der Waals surface area contributed by atoms with E-state index in [2.05, 4.69) is 15.6 Å². The van der Waals surface area contributed by atoms with Crippen molar-refractivity contribution < 1.29 is 9.59 Å². The van der Waals surface area contributed by atoms with Crippen molar-refractivity contribution in [2.75, 3.05) is 11.9 Å². The second kappa shape index (κ2) is 8.07. The Bertz CT molecular complexity index is 889. The minimum absolute atomic E-state index is 0.116. The van der Waals surface area contributed by atoms with E-state index in [9.17, 15) is 9.59 Å². The quantitative estimate of drug-likeness (QED) is 0.744. The number of carbonyl (C=O) groups excluding carboxylic acids is 2. The van der Waals surface area contributed by atoms with Crippen LogP contribution in [0.4, 0.5) is 5.82 Å². The summed E-state index contributed by atoms with van der Waals surface area (Å²) in [5, 5.41) is 5.25. The Morgan fingerprint density at radius 2 is 1.58 bits per heavy atom. The molecule has 1 heterocycles. The van der Waals surface area contributed by atoms with Crippen molar-refractivity contribution in [1.82, 2.24) is 10.3 Å². The van der Waals surface area contributed by atoms with Crippen molar-refractivity contribution in [3.8, 4) is 11.1 Å². The van der Waals surface area contributed by atoms with Crippen LogP contribution >= 0.6 is 0 Å². The summed E-state index contributed by atoms with van der Waals surface area (Å²) in [7, 11) is 0. The smallest absolute Gasteiger partial charge is 0.251 e. The van der Waals surface area contributed by atoms with E-state index < -0.39 is 0 Å². The van der Waals surface area contributed by atoms with Gasteiger partial charge in [-0.05, 0) is 41.8 Å². The molecule has 1 aromatic heterocycles. The number of nitrogens with one attached hydrogen (secondary N) is 2. The fraction of sp³-hybridized carbons (Fsp3) is 0.0952. The summed E-state index contributed by atoms with van der Waals surface area (Å²) in [4.78, 5) is 28.2. The second-order valence-corrected chi connectivity index (χ2v) is 5.90. The lowest BCUT2D eigenvalue weighted by Gasteiger charge is -2.07. The fourth-order valence-electron chi connectivity index (χ4n) is 2.44. The van der Waals surface area contributed by atoms with Gasteiger partial charge in [-0.1, -0.05) is 48.5 Å². The van der Waals surface area contributed by atoms with Crippen LogP contribution < -0.4 is 10.6 Å². The van der Waals surface area contributed by atoms with Crippen LogP contribution in [0.15, 0.2) is 72.9 Å². The van der Waals surface area contributed by atoms with Crippen LogP contribution in [0.25, 0.3) is 11.1 Å². The van der Waals surface area contributed by atoms with Crippen LogP contribution in [0.3, 0.4) is 0 Å². The number of pyridine rings is 1. The molecule has 0 aliphatic carbocycles. The van der Waals surface area contributed by atoms with Crippen molar-refractivity contribution in [2.45, 2.75) is 6.92 Å². The van der Waals surface area contributed by atoms with Crippen LogP contribution in [0, 0.1) is 6.92 Å². The minimum Gasteiger partial charge on any atom is -0.343 e. The fourth-order valence-corrected chi connectivity index (χ4v) is 2.44. The number of carbonyl (C=O) groups is 2. The topological polar surface area (TPSA) is 71.1 Å². The number of rotatable bonds is 5. The second-order valence-electron chi connectivity index (χ2n) is 5.90. The summed E-state index contributed by atoms with van der Waals surface area (Å²) in [6, 6.07) is 20.8. The Morgan fingerprint density at radius 1 is 0.885 bits per heavy atom. The third-order valence-corrected chi connectivity index (χ3v) is 3.84. The number of amides is 2. The van der Waals surface area contributed by atoms with Gasteiger partial charge in [0.15, 0.2) is 0 Å². The van der Waals surface area contributed by atoms with Gasteiger partial charge in [0, 0.05) is 11.8 Å². The summed E-state index contributed by atoms with van der Waals surface area (Å²) in [5.74, 6) is -0.158. The Labute approximate surface area is 152 Å². The highest BCUT2D eigenvalue weighted by Gasteiger charge is 2.09. The first kappa shape index (κ1) is 17.4. The maximum atomic E-state index is 12.2. The lowest BCUT2D eigenvalue weighted by molar-refractivity contribution is -0.115. The van der Waals surface area contributed by atoms with Gasteiger partial charge in [-0.3, -0.25) is 9.59 Å². The Balaban J connectivity index is 1.54. The number of benzene rings is 2.